The molecular weight excluding hydrogens is 460 g/mol. The number of aromatic nitrogens is 1. The molecule has 1 saturated heterocycles. The van der Waals surface area contributed by atoms with E-state index in [4.69, 9.17) is 0 Å². The highest BCUT2D eigenvalue weighted by Crippen LogP contribution is 2.29. The van der Waals surface area contributed by atoms with Crippen LogP contribution in [0.25, 0.3) is 10.4 Å². The van der Waals surface area contributed by atoms with Crippen LogP contribution in [0.1, 0.15) is 71.7 Å². The van der Waals surface area contributed by atoms with Gasteiger partial charge in [0.25, 0.3) is 0 Å². The number of likely N-dealkylation sites (tertiary alicyclic amines) is 1. The largest absolute Gasteiger partial charge is 0.391 e. The summed E-state index contributed by atoms with van der Waals surface area (Å²) in [6.07, 6.45) is 0.426. The van der Waals surface area contributed by atoms with Crippen molar-refractivity contribution in [2.45, 2.75) is 91.6 Å². The molecule has 3 N–H and O–H groups in total. The van der Waals surface area contributed by atoms with Crippen molar-refractivity contribution in [3.05, 3.63) is 41.0 Å². The monoisotopic (exact) mass is 500 g/mol. The van der Waals surface area contributed by atoms with E-state index < -0.39 is 18.2 Å². The standard InChI is InChI=1S/C27H40N4O3S/c1-8-16(2)29-24(27(5,6)7)26(34)31-14-21(32)13-22(31)25(33)30-17(3)19-9-11-20(12-10-19)23-18(4)28-15-35-23/h9-12,15-17,21-22,24,29,32H,8,13-14H2,1-7H3,(H,30,33)/t16?,17-,21+,22-,24+/m0/s1. The predicted octanol–water partition coefficient (Wildman–Crippen LogP) is 4.06. The fourth-order valence-corrected chi connectivity index (χ4v) is 5.27. The minimum absolute atomic E-state index is 0.133. The lowest BCUT2D eigenvalue weighted by Gasteiger charge is -2.37. The van der Waals surface area contributed by atoms with E-state index in [1.165, 1.54) is 0 Å². The average molecular weight is 501 g/mol. The molecule has 5 atom stereocenters. The van der Waals surface area contributed by atoms with Gasteiger partial charge in [-0.3, -0.25) is 9.59 Å². The number of nitrogens with one attached hydrogen (secondary N) is 2. The molecule has 0 saturated carbocycles. The fraction of sp³-hybridized carbons (Fsp3) is 0.593. The molecule has 192 valence electrons. The second-order valence-corrected chi connectivity index (χ2v) is 11.6. The zero-order valence-electron chi connectivity index (χ0n) is 22.0. The predicted molar refractivity (Wildman–Crippen MR) is 141 cm³/mol. The Labute approximate surface area is 213 Å². The van der Waals surface area contributed by atoms with Gasteiger partial charge in [-0.15, -0.1) is 11.3 Å². The maximum Gasteiger partial charge on any atom is 0.243 e. The number of hydrogen-bond donors (Lipinski definition) is 3. The van der Waals surface area contributed by atoms with Crippen molar-refractivity contribution in [2.24, 2.45) is 5.41 Å². The molecular formula is C27H40N4O3S. The van der Waals surface area contributed by atoms with Crippen LogP contribution in [0.5, 0.6) is 0 Å². The van der Waals surface area contributed by atoms with Crippen LogP contribution in [0.15, 0.2) is 29.8 Å². The van der Waals surface area contributed by atoms with E-state index in [2.05, 4.69) is 29.5 Å². The normalized spacial score (nSPS) is 21.0. The van der Waals surface area contributed by atoms with Crippen LogP contribution in [-0.2, 0) is 9.59 Å². The first kappa shape index (κ1) is 27.3. The number of nitrogens with zero attached hydrogens (tertiary/aromatic N) is 2. The summed E-state index contributed by atoms with van der Waals surface area (Å²) in [5.41, 5.74) is 4.59. The molecule has 2 aromatic rings. The molecule has 0 radical (unpaired) electrons. The zero-order chi connectivity index (χ0) is 25.9. The number of benzene rings is 1. The van der Waals surface area contributed by atoms with Gasteiger partial charge in [-0.05, 0) is 43.7 Å². The number of rotatable bonds is 8. The third kappa shape index (κ3) is 6.48. The second-order valence-electron chi connectivity index (χ2n) is 10.8. The summed E-state index contributed by atoms with van der Waals surface area (Å²) in [4.78, 5) is 33.9. The van der Waals surface area contributed by atoms with Gasteiger partial charge in [0, 0.05) is 19.0 Å². The lowest BCUT2D eigenvalue weighted by atomic mass is 9.85. The fourth-order valence-electron chi connectivity index (χ4n) is 4.46. The highest BCUT2D eigenvalue weighted by Gasteiger charge is 2.44. The highest BCUT2D eigenvalue weighted by atomic mass is 32.1. The van der Waals surface area contributed by atoms with E-state index in [0.29, 0.717) is 0 Å². The molecule has 3 rings (SSSR count). The summed E-state index contributed by atoms with van der Waals surface area (Å²) in [6.45, 7) is 14.3. The molecule has 1 aromatic heterocycles. The molecule has 8 heteroatoms. The molecule has 2 heterocycles. The lowest BCUT2D eigenvalue weighted by molar-refractivity contribution is -0.142. The van der Waals surface area contributed by atoms with Crippen LogP contribution in [0.2, 0.25) is 0 Å². The van der Waals surface area contributed by atoms with Gasteiger partial charge in [0.15, 0.2) is 0 Å². The quantitative estimate of drug-likeness (QED) is 0.508. The first-order valence-corrected chi connectivity index (χ1v) is 13.4. The Morgan fingerprint density at radius 3 is 2.43 bits per heavy atom. The van der Waals surface area contributed by atoms with Crippen molar-refractivity contribution in [2.75, 3.05) is 6.54 Å². The van der Waals surface area contributed by atoms with Gasteiger partial charge in [-0.25, -0.2) is 4.98 Å². The molecule has 1 aromatic carbocycles. The Morgan fingerprint density at radius 2 is 1.89 bits per heavy atom. The van der Waals surface area contributed by atoms with Gasteiger partial charge in [0.2, 0.25) is 11.8 Å². The number of aliphatic hydroxyl groups excluding tert-OH is 1. The number of carbonyl (C=O) groups is 2. The molecule has 1 fully saturated rings. The van der Waals surface area contributed by atoms with Gasteiger partial charge in [0.05, 0.1) is 34.3 Å². The molecule has 35 heavy (non-hydrogen) atoms. The van der Waals surface area contributed by atoms with E-state index in [1.807, 2.05) is 64.4 Å². The third-order valence-corrected chi connectivity index (χ3v) is 7.80. The van der Waals surface area contributed by atoms with Gasteiger partial charge >= 0.3 is 0 Å². The first-order valence-electron chi connectivity index (χ1n) is 12.5. The number of aryl methyl sites for hydroxylation is 1. The zero-order valence-corrected chi connectivity index (χ0v) is 22.8. The van der Waals surface area contributed by atoms with Crippen molar-refractivity contribution in [1.29, 1.82) is 0 Å². The SMILES string of the molecule is CCC(C)N[C@H](C(=O)N1C[C@H](O)C[C@H]1C(=O)N[C@@H](C)c1ccc(-c2scnc2C)cc1)C(C)(C)C. The van der Waals surface area contributed by atoms with E-state index in [1.54, 1.807) is 16.2 Å². The van der Waals surface area contributed by atoms with Crippen LogP contribution in [0.4, 0.5) is 0 Å². The Morgan fingerprint density at radius 1 is 1.23 bits per heavy atom. The van der Waals surface area contributed by atoms with E-state index >= 15 is 0 Å². The summed E-state index contributed by atoms with van der Waals surface area (Å²) in [5.74, 6) is -0.368. The topological polar surface area (TPSA) is 94.6 Å². The molecule has 2 amide bonds. The minimum atomic E-state index is -0.712. The number of thiazole rings is 1. The third-order valence-electron chi connectivity index (χ3n) is 6.82. The van der Waals surface area contributed by atoms with Crippen LogP contribution in [-0.4, -0.2) is 57.6 Å². The maximum atomic E-state index is 13.6. The van der Waals surface area contributed by atoms with Gasteiger partial charge in [-0.2, -0.15) is 0 Å². The molecule has 0 spiro atoms. The van der Waals surface area contributed by atoms with Crippen molar-refractivity contribution in [3.8, 4) is 10.4 Å². The Balaban J connectivity index is 1.72. The molecule has 7 nitrogen and oxygen atoms in total. The smallest absolute Gasteiger partial charge is 0.243 e. The summed E-state index contributed by atoms with van der Waals surface area (Å²) in [5, 5.41) is 16.9. The minimum Gasteiger partial charge on any atom is -0.391 e. The lowest BCUT2D eigenvalue weighted by Crippen LogP contribution is -2.58. The van der Waals surface area contributed by atoms with Crippen LogP contribution in [0, 0.1) is 12.3 Å². The number of carbonyl (C=O) groups excluding carboxylic acids is 2. The second kappa shape index (κ2) is 11.2. The molecule has 1 aliphatic rings. The van der Waals surface area contributed by atoms with E-state index in [-0.39, 0.29) is 42.3 Å². The van der Waals surface area contributed by atoms with E-state index in [9.17, 15) is 14.7 Å². The Hall–Kier alpha value is -2.29. The van der Waals surface area contributed by atoms with Gasteiger partial charge in [0.1, 0.15) is 6.04 Å². The van der Waals surface area contributed by atoms with Gasteiger partial charge < -0.3 is 20.6 Å². The Kier molecular flexibility index (Phi) is 8.72. The van der Waals surface area contributed by atoms with Gasteiger partial charge in [-0.1, -0.05) is 52.0 Å². The number of amides is 2. The van der Waals surface area contributed by atoms with Crippen molar-refractivity contribution < 1.29 is 14.7 Å². The molecule has 1 aliphatic heterocycles. The number of β-amino-alcohol motifs (C(OH)–C–C–N with tert-alkyl or cyclic N) is 1. The first-order chi connectivity index (χ1) is 16.4. The molecule has 0 aliphatic carbocycles. The summed E-state index contributed by atoms with van der Waals surface area (Å²) < 4.78 is 0. The Bertz CT molecular complexity index is 1010. The van der Waals surface area contributed by atoms with Crippen LogP contribution in [0.3, 0.4) is 0 Å². The average Bonchev–Trinajstić information content (AvgIpc) is 3.41. The van der Waals surface area contributed by atoms with Crippen LogP contribution < -0.4 is 10.6 Å². The number of hydrogen-bond acceptors (Lipinski definition) is 6. The summed E-state index contributed by atoms with van der Waals surface area (Å²) >= 11 is 1.61. The number of aliphatic hydroxyl groups is 1. The van der Waals surface area contributed by atoms with Crippen molar-refractivity contribution in [1.82, 2.24) is 20.5 Å². The highest BCUT2D eigenvalue weighted by molar-refractivity contribution is 7.13. The summed E-state index contributed by atoms with van der Waals surface area (Å²) in [6, 6.07) is 6.91. The van der Waals surface area contributed by atoms with Crippen LogP contribution >= 0.6 is 11.3 Å². The molecule has 0 bridgehead atoms. The van der Waals surface area contributed by atoms with E-state index in [0.717, 1.165) is 28.1 Å². The maximum absolute atomic E-state index is 13.6. The summed E-state index contributed by atoms with van der Waals surface area (Å²) in [7, 11) is 0. The van der Waals surface area contributed by atoms with Crippen molar-refractivity contribution in [3.63, 3.8) is 0 Å². The van der Waals surface area contributed by atoms with Crippen molar-refractivity contribution >= 4 is 23.2 Å². The molecule has 1 unspecified atom stereocenters.